The second-order valence-electron chi connectivity index (χ2n) is 5.71. The Hall–Kier alpha value is -2.17. The summed E-state index contributed by atoms with van der Waals surface area (Å²) in [4.78, 5) is 18.0. The second-order valence-corrected chi connectivity index (χ2v) is 5.71. The van der Waals surface area contributed by atoms with Crippen LogP contribution in [-0.4, -0.2) is 30.3 Å². The molecule has 2 aromatic rings. The molecule has 2 heterocycles. The summed E-state index contributed by atoms with van der Waals surface area (Å²) in [6.07, 6.45) is 0. The van der Waals surface area contributed by atoms with Crippen molar-refractivity contribution in [2.45, 2.75) is 12.1 Å². The predicted octanol–water partition coefficient (Wildman–Crippen LogP) is 2.56. The molecule has 0 amide bonds. The summed E-state index contributed by atoms with van der Waals surface area (Å²) >= 11 is 0. The Kier molecular flexibility index (Phi) is 3.41. The van der Waals surface area contributed by atoms with Crippen LogP contribution in [0.1, 0.15) is 17.2 Å². The van der Waals surface area contributed by atoms with Crippen molar-refractivity contribution in [3.63, 3.8) is 0 Å². The zero-order valence-electron chi connectivity index (χ0n) is 12.1. The van der Waals surface area contributed by atoms with Gasteiger partial charge >= 0.3 is 5.97 Å². The fourth-order valence-electron chi connectivity index (χ4n) is 3.26. The average molecular weight is 295 g/mol. The van der Waals surface area contributed by atoms with Gasteiger partial charge in [0.25, 0.3) is 0 Å². The SMILES string of the molecule is O=C1OCC2CON(C(c3ccccc3)c3ccccc3)C12. The summed E-state index contributed by atoms with van der Waals surface area (Å²) in [6, 6.07) is 19.8. The van der Waals surface area contributed by atoms with E-state index in [-0.39, 0.29) is 24.0 Å². The van der Waals surface area contributed by atoms with Crippen molar-refractivity contribution < 1.29 is 14.4 Å². The Labute approximate surface area is 129 Å². The van der Waals surface area contributed by atoms with Crippen LogP contribution >= 0.6 is 0 Å². The summed E-state index contributed by atoms with van der Waals surface area (Å²) in [6.45, 7) is 0.989. The third-order valence-corrected chi connectivity index (χ3v) is 4.32. The topological polar surface area (TPSA) is 38.8 Å². The zero-order valence-corrected chi connectivity index (χ0v) is 12.1. The molecule has 0 spiro atoms. The van der Waals surface area contributed by atoms with Gasteiger partial charge in [-0.1, -0.05) is 60.7 Å². The molecular formula is C18H17NO3. The van der Waals surface area contributed by atoms with Gasteiger partial charge in [-0.2, -0.15) is 5.06 Å². The van der Waals surface area contributed by atoms with Gasteiger partial charge in [-0.25, -0.2) is 0 Å². The number of fused-ring (bicyclic) bond motifs is 1. The number of ether oxygens (including phenoxy) is 1. The van der Waals surface area contributed by atoms with Crippen molar-refractivity contribution in [2.75, 3.05) is 13.2 Å². The van der Waals surface area contributed by atoms with E-state index in [0.717, 1.165) is 11.1 Å². The Morgan fingerprint density at radius 3 is 2.09 bits per heavy atom. The van der Waals surface area contributed by atoms with Crippen molar-refractivity contribution in [1.29, 1.82) is 0 Å². The highest BCUT2D eigenvalue weighted by Crippen LogP contribution is 2.38. The van der Waals surface area contributed by atoms with E-state index in [9.17, 15) is 4.79 Å². The first-order valence-electron chi connectivity index (χ1n) is 7.52. The van der Waals surface area contributed by atoms with E-state index >= 15 is 0 Å². The fourth-order valence-corrected chi connectivity index (χ4v) is 3.26. The fraction of sp³-hybridized carbons (Fsp3) is 0.278. The number of esters is 1. The number of rotatable bonds is 3. The largest absolute Gasteiger partial charge is 0.464 e. The van der Waals surface area contributed by atoms with Gasteiger partial charge in [-0.15, -0.1) is 0 Å². The van der Waals surface area contributed by atoms with Crippen LogP contribution < -0.4 is 0 Å². The van der Waals surface area contributed by atoms with Gasteiger partial charge in [0.05, 0.1) is 19.3 Å². The molecule has 0 N–H and O–H groups in total. The first-order chi connectivity index (χ1) is 10.8. The van der Waals surface area contributed by atoms with Crippen LogP contribution in [0, 0.1) is 5.92 Å². The number of hydrogen-bond acceptors (Lipinski definition) is 4. The van der Waals surface area contributed by atoms with Crippen molar-refractivity contribution in [2.24, 2.45) is 5.92 Å². The summed E-state index contributed by atoms with van der Waals surface area (Å²) in [5, 5.41) is 1.82. The van der Waals surface area contributed by atoms with Crippen LogP contribution in [0.4, 0.5) is 0 Å². The molecule has 22 heavy (non-hydrogen) atoms. The van der Waals surface area contributed by atoms with E-state index in [1.165, 1.54) is 0 Å². The lowest BCUT2D eigenvalue weighted by Crippen LogP contribution is -2.38. The van der Waals surface area contributed by atoms with Gasteiger partial charge < -0.3 is 4.74 Å². The number of hydroxylamine groups is 2. The van der Waals surface area contributed by atoms with Gasteiger partial charge in [0.2, 0.25) is 0 Å². The Balaban J connectivity index is 1.76. The Bertz CT molecular complexity index is 619. The lowest BCUT2D eigenvalue weighted by molar-refractivity contribution is -0.177. The molecular weight excluding hydrogens is 278 g/mol. The molecule has 2 aliphatic heterocycles. The van der Waals surface area contributed by atoms with Crippen molar-refractivity contribution in [3.05, 3.63) is 71.8 Å². The van der Waals surface area contributed by atoms with Gasteiger partial charge in [0.1, 0.15) is 6.04 Å². The standard InChI is InChI=1S/C18H17NO3/c20-18-17-15(11-21-18)12-22-19(17)16(13-7-3-1-4-8-13)14-9-5-2-6-10-14/h1-10,15-17H,11-12H2. The summed E-state index contributed by atoms with van der Waals surface area (Å²) in [5.41, 5.74) is 2.21. The van der Waals surface area contributed by atoms with E-state index in [1.807, 2.05) is 41.5 Å². The molecule has 2 unspecified atom stereocenters. The number of cyclic esters (lactones) is 1. The molecule has 2 aliphatic rings. The Morgan fingerprint density at radius 2 is 1.50 bits per heavy atom. The lowest BCUT2D eigenvalue weighted by Gasteiger charge is -2.30. The van der Waals surface area contributed by atoms with E-state index in [0.29, 0.717) is 13.2 Å². The minimum Gasteiger partial charge on any atom is -0.464 e. The molecule has 2 fully saturated rings. The molecule has 2 aromatic carbocycles. The van der Waals surface area contributed by atoms with E-state index in [4.69, 9.17) is 9.57 Å². The minimum absolute atomic E-state index is 0.108. The minimum atomic E-state index is -0.314. The van der Waals surface area contributed by atoms with E-state index < -0.39 is 0 Å². The number of nitrogens with zero attached hydrogens (tertiary/aromatic N) is 1. The number of benzene rings is 2. The molecule has 0 saturated carbocycles. The highest BCUT2D eigenvalue weighted by atomic mass is 16.7. The van der Waals surface area contributed by atoms with Crippen LogP contribution in [0.3, 0.4) is 0 Å². The van der Waals surface area contributed by atoms with Crippen LogP contribution in [0.15, 0.2) is 60.7 Å². The first-order valence-corrected chi connectivity index (χ1v) is 7.52. The molecule has 4 nitrogen and oxygen atoms in total. The van der Waals surface area contributed by atoms with Crippen LogP contribution in [0.2, 0.25) is 0 Å². The monoisotopic (exact) mass is 295 g/mol. The molecule has 0 radical (unpaired) electrons. The van der Waals surface area contributed by atoms with Crippen molar-refractivity contribution >= 4 is 5.97 Å². The van der Waals surface area contributed by atoms with Gasteiger partial charge in [0, 0.05) is 5.92 Å². The second kappa shape index (κ2) is 5.55. The molecule has 0 aliphatic carbocycles. The smallest absolute Gasteiger partial charge is 0.326 e. The third-order valence-electron chi connectivity index (χ3n) is 4.32. The quantitative estimate of drug-likeness (QED) is 0.816. The van der Waals surface area contributed by atoms with Crippen LogP contribution in [-0.2, 0) is 14.4 Å². The maximum Gasteiger partial charge on any atom is 0.326 e. The normalized spacial score (nSPS) is 24.5. The van der Waals surface area contributed by atoms with Crippen LogP contribution in [0.5, 0.6) is 0 Å². The molecule has 2 saturated heterocycles. The van der Waals surface area contributed by atoms with Crippen molar-refractivity contribution in [3.8, 4) is 0 Å². The number of hydrogen-bond donors (Lipinski definition) is 0. The first kappa shape index (κ1) is 13.5. The van der Waals surface area contributed by atoms with Gasteiger partial charge in [-0.05, 0) is 11.1 Å². The molecule has 2 atom stereocenters. The van der Waals surface area contributed by atoms with E-state index in [2.05, 4.69) is 24.3 Å². The summed E-state index contributed by atoms with van der Waals surface area (Å²) < 4.78 is 5.21. The zero-order chi connectivity index (χ0) is 14.9. The number of carbonyl (C=O) groups excluding carboxylic acids is 1. The van der Waals surface area contributed by atoms with Gasteiger partial charge in [-0.3, -0.25) is 9.63 Å². The Morgan fingerprint density at radius 1 is 0.909 bits per heavy atom. The summed E-state index contributed by atoms with van der Waals surface area (Å²) in [5.74, 6) is -0.0539. The highest BCUT2D eigenvalue weighted by molar-refractivity contribution is 5.78. The lowest BCUT2D eigenvalue weighted by atomic mass is 9.96. The highest BCUT2D eigenvalue weighted by Gasteiger charge is 2.50. The van der Waals surface area contributed by atoms with E-state index in [1.54, 1.807) is 0 Å². The third kappa shape index (κ3) is 2.21. The van der Waals surface area contributed by atoms with Gasteiger partial charge in [0.15, 0.2) is 0 Å². The van der Waals surface area contributed by atoms with Crippen molar-refractivity contribution in [1.82, 2.24) is 5.06 Å². The average Bonchev–Trinajstić information content (AvgIpc) is 3.14. The maximum absolute atomic E-state index is 12.1. The molecule has 4 rings (SSSR count). The summed E-state index contributed by atoms with van der Waals surface area (Å²) in [7, 11) is 0. The molecule has 0 aromatic heterocycles. The predicted molar refractivity (Wildman–Crippen MR) is 80.8 cm³/mol. The number of carbonyl (C=O) groups is 1. The molecule has 112 valence electrons. The maximum atomic E-state index is 12.1. The van der Waals surface area contributed by atoms with Crippen LogP contribution in [0.25, 0.3) is 0 Å². The molecule has 4 heteroatoms. The molecule has 0 bridgehead atoms.